The van der Waals surface area contributed by atoms with Crippen LogP contribution in [0.5, 0.6) is 11.5 Å². The molecule has 1 aromatic carbocycles. The summed E-state index contributed by atoms with van der Waals surface area (Å²) in [4.78, 5) is 12.7. The molecule has 1 aliphatic rings. The van der Waals surface area contributed by atoms with Crippen LogP contribution in [0, 0.1) is 34.5 Å². The van der Waals surface area contributed by atoms with E-state index in [1.54, 1.807) is 12.1 Å². The van der Waals surface area contributed by atoms with Crippen LogP contribution in [0.15, 0.2) is 12.1 Å². The first-order chi connectivity index (χ1) is 14.6. The predicted octanol–water partition coefficient (Wildman–Crippen LogP) is 6.29. The fourth-order valence-corrected chi connectivity index (χ4v) is 4.07. The summed E-state index contributed by atoms with van der Waals surface area (Å²) < 4.78 is 11.3. The van der Waals surface area contributed by atoms with Crippen molar-refractivity contribution in [1.82, 2.24) is 0 Å². The zero-order chi connectivity index (χ0) is 21.8. The SMILES string of the molecule is CCCCCCOc1ccc(OC(=O)C2CCC(CCCC)CC2)c(C#N)c1C#N. The van der Waals surface area contributed by atoms with Crippen molar-refractivity contribution in [2.24, 2.45) is 11.8 Å². The summed E-state index contributed by atoms with van der Waals surface area (Å²) in [5, 5.41) is 19.1. The Bertz CT molecular complexity index is 768. The van der Waals surface area contributed by atoms with Crippen LogP contribution < -0.4 is 9.47 Å². The number of carbonyl (C=O) groups is 1. The Labute approximate surface area is 181 Å². The minimum atomic E-state index is -0.294. The maximum Gasteiger partial charge on any atom is 0.314 e. The van der Waals surface area contributed by atoms with Gasteiger partial charge in [-0.3, -0.25) is 4.79 Å². The Balaban J connectivity index is 1.99. The van der Waals surface area contributed by atoms with Gasteiger partial charge in [-0.05, 0) is 50.2 Å². The van der Waals surface area contributed by atoms with Crippen molar-refractivity contribution in [2.75, 3.05) is 6.61 Å². The number of esters is 1. The van der Waals surface area contributed by atoms with Gasteiger partial charge in [-0.1, -0.05) is 52.4 Å². The molecule has 162 valence electrons. The van der Waals surface area contributed by atoms with E-state index in [4.69, 9.17) is 9.47 Å². The van der Waals surface area contributed by atoms with Crippen LogP contribution in [-0.2, 0) is 4.79 Å². The van der Waals surface area contributed by atoms with Gasteiger partial charge in [0.2, 0.25) is 0 Å². The number of unbranched alkanes of at least 4 members (excludes halogenated alkanes) is 4. The van der Waals surface area contributed by atoms with Crippen molar-refractivity contribution < 1.29 is 14.3 Å². The molecule has 0 heterocycles. The Morgan fingerprint density at radius 2 is 1.57 bits per heavy atom. The predicted molar refractivity (Wildman–Crippen MR) is 116 cm³/mol. The van der Waals surface area contributed by atoms with Gasteiger partial charge >= 0.3 is 5.97 Å². The van der Waals surface area contributed by atoms with Crippen LogP contribution >= 0.6 is 0 Å². The molecule has 0 saturated heterocycles. The monoisotopic (exact) mass is 410 g/mol. The first-order valence-corrected chi connectivity index (χ1v) is 11.5. The van der Waals surface area contributed by atoms with Gasteiger partial charge in [-0.2, -0.15) is 10.5 Å². The Morgan fingerprint density at radius 1 is 0.933 bits per heavy atom. The van der Waals surface area contributed by atoms with Crippen LogP contribution in [0.3, 0.4) is 0 Å². The summed E-state index contributed by atoms with van der Waals surface area (Å²) in [6, 6.07) is 7.28. The quantitative estimate of drug-likeness (QED) is 0.243. The number of ether oxygens (including phenoxy) is 2. The first kappa shape index (κ1) is 23.7. The lowest BCUT2D eigenvalue weighted by Crippen LogP contribution is -2.26. The number of benzene rings is 1. The van der Waals surface area contributed by atoms with E-state index in [0.29, 0.717) is 18.3 Å². The van der Waals surface area contributed by atoms with Crippen LogP contribution in [0.1, 0.15) is 95.6 Å². The van der Waals surface area contributed by atoms with Gasteiger partial charge < -0.3 is 9.47 Å². The standard InChI is InChI=1S/C25H34N2O3/c1-3-5-7-8-16-29-23-14-15-24(22(18-27)21(23)17-26)30-25(28)20-12-10-19(11-13-20)9-6-4-2/h14-15,19-20H,3-13,16H2,1-2H3. The second-order valence-electron chi connectivity index (χ2n) is 8.23. The van der Waals surface area contributed by atoms with E-state index in [0.717, 1.165) is 51.4 Å². The highest BCUT2D eigenvalue weighted by atomic mass is 16.5. The lowest BCUT2D eigenvalue weighted by Gasteiger charge is -2.27. The number of rotatable bonds is 11. The zero-order valence-corrected chi connectivity index (χ0v) is 18.4. The second kappa shape index (κ2) is 12.9. The molecule has 0 amide bonds. The smallest absolute Gasteiger partial charge is 0.314 e. The molecular weight excluding hydrogens is 376 g/mol. The molecule has 0 aliphatic heterocycles. The van der Waals surface area contributed by atoms with E-state index < -0.39 is 0 Å². The van der Waals surface area contributed by atoms with Crippen LogP contribution in [0.4, 0.5) is 0 Å². The number of nitrogens with zero attached hydrogens (tertiary/aromatic N) is 2. The largest absolute Gasteiger partial charge is 0.492 e. The Hall–Kier alpha value is -2.53. The zero-order valence-electron chi connectivity index (χ0n) is 18.4. The van der Waals surface area contributed by atoms with Gasteiger partial charge in [0.1, 0.15) is 34.8 Å². The lowest BCUT2D eigenvalue weighted by molar-refractivity contribution is -0.140. The normalized spacial score (nSPS) is 18.3. The fourth-order valence-electron chi connectivity index (χ4n) is 4.07. The van der Waals surface area contributed by atoms with Gasteiger partial charge in [0, 0.05) is 0 Å². The van der Waals surface area contributed by atoms with Crippen LogP contribution in [0.25, 0.3) is 0 Å². The van der Waals surface area contributed by atoms with Gasteiger partial charge in [-0.15, -0.1) is 0 Å². The maximum atomic E-state index is 12.7. The molecule has 0 atom stereocenters. The molecule has 1 fully saturated rings. The summed E-state index contributed by atoms with van der Waals surface area (Å²) in [6.45, 7) is 4.85. The highest BCUT2D eigenvalue weighted by Crippen LogP contribution is 2.34. The van der Waals surface area contributed by atoms with Crippen molar-refractivity contribution in [3.8, 4) is 23.6 Å². The Morgan fingerprint density at radius 3 is 2.20 bits per heavy atom. The third kappa shape index (κ3) is 6.77. The average Bonchev–Trinajstić information content (AvgIpc) is 2.78. The van der Waals surface area contributed by atoms with Crippen LogP contribution in [-0.4, -0.2) is 12.6 Å². The van der Waals surface area contributed by atoms with Crippen LogP contribution in [0.2, 0.25) is 0 Å². The van der Waals surface area contributed by atoms with E-state index in [-0.39, 0.29) is 28.8 Å². The van der Waals surface area contributed by atoms with Gasteiger partial charge in [-0.25, -0.2) is 0 Å². The summed E-state index contributed by atoms with van der Waals surface area (Å²) in [7, 11) is 0. The summed E-state index contributed by atoms with van der Waals surface area (Å²) in [5.74, 6) is 0.821. The third-order valence-electron chi connectivity index (χ3n) is 5.96. The molecule has 5 nitrogen and oxygen atoms in total. The first-order valence-electron chi connectivity index (χ1n) is 11.5. The van der Waals surface area contributed by atoms with Crippen molar-refractivity contribution in [1.29, 1.82) is 10.5 Å². The van der Waals surface area contributed by atoms with Crippen molar-refractivity contribution in [2.45, 2.75) is 84.5 Å². The van der Waals surface area contributed by atoms with Gasteiger partial charge in [0.25, 0.3) is 0 Å². The maximum absolute atomic E-state index is 12.7. The Kier molecular flexibility index (Phi) is 10.2. The molecule has 1 aromatic rings. The fraction of sp³-hybridized carbons (Fsp3) is 0.640. The van der Waals surface area contributed by atoms with Gasteiger partial charge in [0.05, 0.1) is 12.5 Å². The summed E-state index contributed by atoms with van der Waals surface area (Å²) in [5.41, 5.74) is 0.218. The van der Waals surface area contributed by atoms with Gasteiger partial charge in [0.15, 0.2) is 0 Å². The van der Waals surface area contributed by atoms with Crippen molar-refractivity contribution >= 4 is 5.97 Å². The molecule has 5 heteroatoms. The summed E-state index contributed by atoms with van der Waals surface area (Å²) >= 11 is 0. The number of hydrogen-bond donors (Lipinski definition) is 0. The molecule has 0 bridgehead atoms. The number of nitriles is 2. The average molecular weight is 411 g/mol. The van der Waals surface area contributed by atoms with Crippen molar-refractivity contribution in [3.05, 3.63) is 23.3 Å². The molecule has 0 aromatic heterocycles. The minimum absolute atomic E-state index is 0.0774. The molecule has 1 aliphatic carbocycles. The molecule has 30 heavy (non-hydrogen) atoms. The third-order valence-corrected chi connectivity index (χ3v) is 5.96. The van der Waals surface area contributed by atoms with Crippen molar-refractivity contribution in [3.63, 3.8) is 0 Å². The molecule has 0 N–H and O–H groups in total. The minimum Gasteiger partial charge on any atom is -0.492 e. The van der Waals surface area contributed by atoms with E-state index >= 15 is 0 Å². The molecule has 2 rings (SSSR count). The number of carbonyl (C=O) groups excluding carboxylic acids is 1. The highest BCUT2D eigenvalue weighted by molar-refractivity contribution is 5.77. The highest BCUT2D eigenvalue weighted by Gasteiger charge is 2.28. The second-order valence-corrected chi connectivity index (χ2v) is 8.23. The molecule has 1 saturated carbocycles. The van der Waals surface area contributed by atoms with E-state index in [2.05, 4.69) is 13.8 Å². The molecule has 0 spiro atoms. The van der Waals surface area contributed by atoms with E-state index in [9.17, 15) is 15.3 Å². The topological polar surface area (TPSA) is 83.1 Å². The molecule has 0 radical (unpaired) electrons. The van der Waals surface area contributed by atoms with E-state index in [1.807, 2.05) is 12.1 Å². The lowest BCUT2D eigenvalue weighted by atomic mass is 9.80. The summed E-state index contributed by atoms with van der Waals surface area (Å²) in [6.07, 6.45) is 11.7. The molecule has 0 unspecified atom stereocenters. The van der Waals surface area contributed by atoms with E-state index in [1.165, 1.54) is 19.3 Å². The molecular formula is C25H34N2O3. The number of hydrogen-bond acceptors (Lipinski definition) is 5.